The van der Waals surface area contributed by atoms with Gasteiger partial charge in [0.1, 0.15) is 0 Å². The maximum absolute atomic E-state index is 11.6. The summed E-state index contributed by atoms with van der Waals surface area (Å²) in [6.07, 6.45) is 4.93. The summed E-state index contributed by atoms with van der Waals surface area (Å²) in [5, 5.41) is 8.27. The Bertz CT molecular complexity index is 328. The number of likely N-dealkylation sites (tertiary alicyclic amines) is 1. The Kier molecular flexibility index (Phi) is 7.26. The molecule has 0 unspecified atom stereocenters. The average Bonchev–Trinajstić information content (AvgIpc) is 3.21. The van der Waals surface area contributed by atoms with Crippen LogP contribution in [0, 0.1) is 5.92 Å². The Morgan fingerprint density at radius 2 is 1.80 bits per heavy atom. The lowest BCUT2D eigenvalue weighted by Crippen LogP contribution is -2.48. The number of hydrogen-bond acceptors (Lipinski definition) is 4. The van der Waals surface area contributed by atoms with Crippen LogP contribution in [-0.4, -0.2) is 56.1 Å². The second-order valence-corrected chi connectivity index (χ2v) is 5.53. The average molecular weight is 305 g/mol. The van der Waals surface area contributed by atoms with Crippen LogP contribution in [0.3, 0.4) is 0 Å². The summed E-state index contributed by atoms with van der Waals surface area (Å²) in [6.45, 7) is 3.30. The van der Waals surface area contributed by atoms with E-state index in [9.17, 15) is 9.59 Å². The lowest BCUT2D eigenvalue weighted by Gasteiger charge is -2.31. The van der Waals surface area contributed by atoms with E-state index >= 15 is 0 Å². The molecule has 2 rings (SSSR count). The Hall–Kier alpha value is -0.850. The van der Waals surface area contributed by atoms with E-state index in [2.05, 4.69) is 20.9 Å². The third-order valence-corrected chi connectivity index (χ3v) is 3.83. The number of piperidine rings is 1. The molecule has 20 heavy (non-hydrogen) atoms. The van der Waals surface area contributed by atoms with Gasteiger partial charge in [0, 0.05) is 26.2 Å². The SMILES string of the molecule is CNC(=O)NC(=O)CN1CCC(NCC2CC2)CC1.Cl. The monoisotopic (exact) mass is 304 g/mol. The molecule has 1 heterocycles. The van der Waals surface area contributed by atoms with Gasteiger partial charge in [0.15, 0.2) is 0 Å². The van der Waals surface area contributed by atoms with Crippen LogP contribution in [0.15, 0.2) is 0 Å². The highest BCUT2D eigenvalue weighted by Gasteiger charge is 2.25. The van der Waals surface area contributed by atoms with Crippen molar-refractivity contribution in [3.63, 3.8) is 0 Å². The van der Waals surface area contributed by atoms with E-state index in [0.717, 1.165) is 38.4 Å². The zero-order valence-corrected chi connectivity index (χ0v) is 12.8. The number of rotatable bonds is 5. The van der Waals surface area contributed by atoms with Gasteiger partial charge in [-0.1, -0.05) is 0 Å². The van der Waals surface area contributed by atoms with Crippen molar-refractivity contribution < 1.29 is 9.59 Å². The van der Waals surface area contributed by atoms with Crippen LogP contribution in [0.5, 0.6) is 0 Å². The second kappa shape index (κ2) is 8.44. The number of carbonyl (C=O) groups excluding carboxylic acids is 2. The molecule has 0 spiro atoms. The Labute approximate surface area is 126 Å². The fraction of sp³-hybridized carbons (Fsp3) is 0.846. The van der Waals surface area contributed by atoms with Crippen molar-refractivity contribution in [1.82, 2.24) is 20.9 Å². The molecular formula is C13H25ClN4O2. The van der Waals surface area contributed by atoms with Gasteiger partial charge in [-0.25, -0.2) is 4.79 Å². The summed E-state index contributed by atoms with van der Waals surface area (Å²) in [5.74, 6) is 0.681. The van der Waals surface area contributed by atoms with Crippen LogP contribution in [0.4, 0.5) is 4.79 Å². The summed E-state index contributed by atoms with van der Waals surface area (Å²) in [7, 11) is 1.50. The van der Waals surface area contributed by atoms with Gasteiger partial charge in [-0.15, -0.1) is 12.4 Å². The van der Waals surface area contributed by atoms with E-state index < -0.39 is 6.03 Å². The van der Waals surface area contributed by atoms with Gasteiger partial charge in [0.2, 0.25) is 5.91 Å². The number of nitrogens with one attached hydrogen (secondary N) is 3. The molecule has 0 aromatic carbocycles. The fourth-order valence-corrected chi connectivity index (χ4v) is 2.38. The lowest BCUT2D eigenvalue weighted by molar-refractivity contribution is -0.121. The zero-order valence-electron chi connectivity index (χ0n) is 12.0. The highest BCUT2D eigenvalue weighted by molar-refractivity contribution is 5.95. The zero-order chi connectivity index (χ0) is 13.7. The molecule has 2 fully saturated rings. The van der Waals surface area contributed by atoms with E-state index in [1.54, 1.807) is 0 Å². The molecule has 1 saturated carbocycles. The van der Waals surface area contributed by atoms with Crippen LogP contribution >= 0.6 is 12.4 Å². The molecule has 0 radical (unpaired) electrons. The van der Waals surface area contributed by atoms with Crippen LogP contribution in [0.2, 0.25) is 0 Å². The molecule has 7 heteroatoms. The van der Waals surface area contributed by atoms with Gasteiger partial charge >= 0.3 is 6.03 Å². The molecule has 1 saturated heterocycles. The maximum Gasteiger partial charge on any atom is 0.321 e. The first-order valence-corrected chi connectivity index (χ1v) is 7.14. The number of hydrogen-bond donors (Lipinski definition) is 3. The first kappa shape index (κ1) is 17.2. The van der Waals surface area contributed by atoms with Gasteiger partial charge in [0.25, 0.3) is 0 Å². The lowest BCUT2D eigenvalue weighted by atomic mass is 10.0. The van der Waals surface area contributed by atoms with Crippen molar-refractivity contribution in [2.45, 2.75) is 31.7 Å². The second-order valence-electron chi connectivity index (χ2n) is 5.53. The van der Waals surface area contributed by atoms with Gasteiger partial charge in [-0.3, -0.25) is 15.0 Å². The van der Waals surface area contributed by atoms with Gasteiger partial charge in [-0.2, -0.15) is 0 Å². The predicted octanol–water partition coefficient (Wildman–Crippen LogP) is 0.328. The smallest absolute Gasteiger partial charge is 0.321 e. The maximum atomic E-state index is 11.6. The van der Waals surface area contributed by atoms with Gasteiger partial charge < -0.3 is 10.6 Å². The number of urea groups is 1. The Morgan fingerprint density at radius 3 is 2.35 bits per heavy atom. The summed E-state index contributed by atoms with van der Waals surface area (Å²) in [5.41, 5.74) is 0. The molecule has 1 aliphatic heterocycles. The molecule has 3 N–H and O–H groups in total. The summed E-state index contributed by atoms with van der Waals surface area (Å²) >= 11 is 0. The third-order valence-electron chi connectivity index (χ3n) is 3.83. The molecule has 0 bridgehead atoms. The minimum Gasteiger partial charge on any atom is -0.341 e. The molecule has 1 aliphatic carbocycles. The van der Waals surface area contributed by atoms with Crippen molar-refractivity contribution in [3.05, 3.63) is 0 Å². The van der Waals surface area contributed by atoms with Crippen LogP contribution in [-0.2, 0) is 4.79 Å². The molecular weight excluding hydrogens is 280 g/mol. The first-order chi connectivity index (χ1) is 9.17. The minimum absolute atomic E-state index is 0. The number of halogens is 1. The minimum atomic E-state index is -0.439. The van der Waals surface area contributed by atoms with Crippen molar-refractivity contribution in [3.8, 4) is 0 Å². The van der Waals surface area contributed by atoms with E-state index in [1.165, 1.54) is 19.9 Å². The molecule has 0 atom stereocenters. The number of imide groups is 1. The molecule has 116 valence electrons. The van der Waals surface area contributed by atoms with Gasteiger partial charge in [0.05, 0.1) is 6.54 Å². The topological polar surface area (TPSA) is 73.5 Å². The summed E-state index contributed by atoms with van der Waals surface area (Å²) < 4.78 is 0. The molecule has 0 aromatic heterocycles. The van der Waals surface area contributed by atoms with E-state index in [1.807, 2.05) is 0 Å². The van der Waals surface area contributed by atoms with Gasteiger partial charge in [-0.05, 0) is 38.1 Å². The number of nitrogens with zero attached hydrogens (tertiary/aromatic N) is 1. The molecule has 0 aromatic rings. The van der Waals surface area contributed by atoms with Crippen LogP contribution < -0.4 is 16.0 Å². The van der Waals surface area contributed by atoms with Crippen LogP contribution in [0.1, 0.15) is 25.7 Å². The van der Waals surface area contributed by atoms with Crippen molar-refractivity contribution >= 4 is 24.3 Å². The Balaban J connectivity index is 0.00000200. The fourth-order valence-electron chi connectivity index (χ4n) is 2.38. The molecule has 3 amide bonds. The van der Waals surface area contributed by atoms with Crippen molar-refractivity contribution in [2.75, 3.05) is 33.2 Å². The predicted molar refractivity (Wildman–Crippen MR) is 80.0 cm³/mol. The van der Waals surface area contributed by atoms with E-state index in [-0.39, 0.29) is 18.3 Å². The van der Waals surface area contributed by atoms with Crippen molar-refractivity contribution in [1.29, 1.82) is 0 Å². The highest BCUT2D eigenvalue weighted by Crippen LogP contribution is 2.28. The molecule has 6 nitrogen and oxygen atoms in total. The number of amides is 3. The standard InChI is InChI=1S/C13H24N4O2.ClH/c1-14-13(19)16-12(18)9-17-6-4-11(5-7-17)15-8-10-2-3-10;/h10-11,15H,2-9H2,1H3,(H2,14,16,18,19);1H. The van der Waals surface area contributed by atoms with E-state index in [0.29, 0.717) is 12.6 Å². The quantitative estimate of drug-likeness (QED) is 0.684. The van der Waals surface area contributed by atoms with Crippen LogP contribution in [0.25, 0.3) is 0 Å². The summed E-state index contributed by atoms with van der Waals surface area (Å²) in [6, 6.07) is 0.157. The third kappa shape index (κ3) is 6.07. The Morgan fingerprint density at radius 1 is 1.15 bits per heavy atom. The first-order valence-electron chi connectivity index (χ1n) is 7.14. The highest BCUT2D eigenvalue weighted by atomic mass is 35.5. The van der Waals surface area contributed by atoms with Crippen molar-refractivity contribution in [2.24, 2.45) is 5.92 Å². The largest absolute Gasteiger partial charge is 0.341 e. The summed E-state index contributed by atoms with van der Waals surface area (Å²) in [4.78, 5) is 24.7. The normalized spacial score (nSPS) is 20.1. The van der Waals surface area contributed by atoms with E-state index in [4.69, 9.17) is 0 Å². The molecule has 2 aliphatic rings. The number of carbonyl (C=O) groups is 2.